The van der Waals surface area contributed by atoms with E-state index in [1.165, 1.54) is 0 Å². The van der Waals surface area contributed by atoms with E-state index in [-0.39, 0.29) is 0 Å². The molecular weight excluding hydrogens is 310 g/mol. The van der Waals surface area contributed by atoms with E-state index >= 15 is 0 Å². The standard InChI is InChI=1S/C18H25NO5/c1-6-22-12(2)23-15-14(13-10-8-7-9-11-13)19(16(15)20)17(21)24-18(3,4)5/h7-12,14-15H,6H2,1-5H3/t12-,14-,15+/m1/s1. The summed E-state index contributed by atoms with van der Waals surface area (Å²) in [6.07, 6.45) is -1.96. The molecule has 1 heterocycles. The molecule has 2 amide bonds. The van der Waals surface area contributed by atoms with E-state index in [1.807, 2.05) is 37.3 Å². The first kappa shape index (κ1) is 18.4. The molecule has 1 fully saturated rings. The second kappa shape index (κ2) is 7.32. The molecule has 2 rings (SSSR count). The fourth-order valence-corrected chi connectivity index (χ4v) is 2.56. The molecule has 6 heteroatoms. The number of ether oxygens (including phenoxy) is 3. The monoisotopic (exact) mass is 335 g/mol. The molecule has 0 saturated carbocycles. The van der Waals surface area contributed by atoms with Crippen LogP contribution in [0.3, 0.4) is 0 Å². The van der Waals surface area contributed by atoms with Crippen molar-refractivity contribution in [2.75, 3.05) is 6.61 Å². The smallest absolute Gasteiger partial charge is 0.417 e. The Labute approximate surface area is 142 Å². The molecule has 0 radical (unpaired) electrons. The van der Waals surface area contributed by atoms with Crippen LogP contribution in [0.25, 0.3) is 0 Å². The van der Waals surface area contributed by atoms with Crippen LogP contribution in [0, 0.1) is 0 Å². The van der Waals surface area contributed by atoms with Crippen LogP contribution in [0.1, 0.15) is 46.2 Å². The molecule has 0 bridgehead atoms. The molecular formula is C18H25NO5. The average molecular weight is 335 g/mol. The molecule has 24 heavy (non-hydrogen) atoms. The van der Waals surface area contributed by atoms with Gasteiger partial charge in [0.25, 0.3) is 5.91 Å². The molecule has 1 saturated heterocycles. The van der Waals surface area contributed by atoms with Gasteiger partial charge in [0.1, 0.15) is 11.6 Å². The maximum Gasteiger partial charge on any atom is 0.417 e. The summed E-state index contributed by atoms with van der Waals surface area (Å²) in [5.41, 5.74) is 0.139. The van der Waals surface area contributed by atoms with Crippen LogP contribution in [0.4, 0.5) is 4.79 Å². The molecule has 0 unspecified atom stereocenters. The van der Waals surface area contributed by atoms with E-state index in [2.05, 4.69) is 0 Å². The summed E-state index contributed by atoms with van der Waals surface area (Å²) in [6, 6.07) is 8.78. The summed E-state index contributed by atoms with van der Waals surface area (Å²) in [5, 5.41) is 0. The van der Waals surface area contributed by atoms with Crippen LogP contribution in [-0.4, -0.2) is 41.5 Å². The van der Waals surface area contributed by atoms with E-state index in [1.54, 1.807) is 27.7 Å². The number of likely N-dealkylation sites (tertiary alicyclic amines) is 1. The van der Waals surface area contributed by atoms with Gasteiger partial charge in [-0.1, -0.05) is 30.3 Å². The van der Waals surface area contributed by atoms with E-state index < -0.39 is 36.0 Å². The number of hydrogen-bond donors (Lipinski definition) is 0. The fraction of sp³-hybridized carbons (Fsp3) is 0.556. The minimum absolute atomic E-state index is 0.412. The number of amides is 2. The van der Waals surface area contributed by atoms with E-state index in [9.17, 15) is 9.59 Å². The number of β-lactam (4-membered cyclic amide) rings is 1. The highest BCUT2D eigenvalue weighted by Crippen LogP contribution is 2.38. The number of benzene rings is 1. The Balaban J connectivity index is 2.21. The zero-order chi connectivity index (χ0) is 17.9. The summed E-state index contributed by atoms with van der Waals surface area (Å²) >= 11 is 0. The largest absolute Gasteiger partial charge is 0.443 e. The first-order chi connectivity index (χ1) is 11.2. The molecule has 1 aliphatic heterocycles. The third-order valence-corrected chi connectivity index (χ3v) is 3.52. The second-order valence-electron chi connectivity index (χ2n) is 6.62. The number of carbonyl (C=O) groups is 2. The van der Waals surface area contributed by atoms with Gasteiger partial charge in [-0.2, -0.15) is 0 Å². The normalized spacial score (nSPS) is 22.0. The topological polar surface area (TPSA) is 65.1 Å². The average Bonchev–Trinajstić information content (AvgIpc) is 2.49. The van der Waals surface area contributed by atoms with Crippen LogP contribution in [-0.2, 0) is 19.0 Å². The Bertz CT molecular complexity index is 581. The van der Waals surface area contributed by atoms with Crippen molar-refractivity contribution in [1.29, 1.82) is 0 Å². The lowest BCUT2D eigenvalue weighted by atomic mass is 9.91. The summed E-state index contributed by atoms with van der Waals surface area (Å²) in [7, 11) is 0. The molecule has 1 aromatic carbocycles. The maximum absolute atomic E-state index is 12.5. The third kappa shape index (κ3) is 4.13. The Morgan fingerprint density at radius 1 is 1.25 bits per heavy atom. The number of nitrogens with zero attached hydrogens (tertiary/aromatic N) is 1. The van der Waals surface area contributed by atoms with Crippen LogP contribution in [0.2, 0.25) is 0 Å². The van der Waals surface area contributed by atoms with Gasteiger partial charge in [-0.25, -0.2) is 9.69 Å². The molecule has 132 valence electrons. The molecule has 0 spiro atoms. The lowest BCUT2D eigenvalue weighted by molar-refractivity contribution is -0.211. The summed E-state index contributed by atoms with van der Waals surface area (Å²) in [5.74, 6) is -0.412. The highest BCUT2D eigenvalue weighted by Gasteiger charge is 2.54. The highest BCUT2D eigenvalue weighted by atomic mass is 16.7. The van der Waals surface area contributed by atoms with Gasteiger partial charge in [0, 0.05) is 6.61 Å². The minimum Gasteiger partial charge on any atom is -0.443 e. The minimum atomic E-state index is -0.763. The van der Waals surface area contributed by atoms with Crippen molar-refractivity contribution >= 4 is 12.0 Å². The number of imide groups is 1. The van der Waals surface area contributed by atoms with Crippen molar-refractivity contribution in [2.24, 2.45) is 0 Å². The SMILES string of the molecule is CCO[C@@H](C)O[C@@H]1C(=O)N(C(=O)OC(C)(C)C)[C@@H]1c1ccccc1. The van der Waals surface area contributed by atoms with Crippen LogP contribution in [0.5, 0.6) is 0 Å². The van der Waals surface area contributed by atoms with Crippen LogP contribution in [0.15, 0.2) is 30.3 Å². The summed E-state index contributed by atoms with van der Waals surface area (Å²) in [4.78, 5) is 26.0. The predicted octanol–water partition coefficient (Wildman–Crippen LogP) is 3.27. The molecule has 0 N–H and O–H groups in total. The first-order valence-corrected chi connectivity index (χ1v) is 8.12. The van der Waals surface area contributed by atoms with Gasteiger partial charge in [-0.3, -0.25) is 4.79 Å². The van der Waals surface area contributed by atoms with Crippen molar-refractivity contribution in [3.63, 3.8) is 0 Å². The molecule has 1 aliphatic rings. The number of rotatable bonds is 5. The first-order valence-electron chi connectivity index (χ1n) is 8.12. The fourth-order valence-electron chi connectivity index (χ4n) is 2.56. The zero-order valence-electron chi connectivity index (χ0n) is 14.8. The second-order valence-corrected chi connectivity index (χ2v) is 6.62. The lowest BCUT2D eigenvalue weighted by Crippen LogP contribution is -2.63. The summed E-state index contributed by atoms with van der Waals surface area (Å²) < 4.78 is 16.4. The van der Waals surface area contributed by atoms with Gasteiger partial charge in [0.05, 0.1) is 0 Å². The quantitative estimate of drug-likeness (QED) is 0.610. The van der Waals surface area contributed by atoms with Gasteiger partial charge >= 0.3 is 6.09 Å². The Hall–Kier alpha value is -1.92. The van der Waals surface area contributed by atoms with Gasteiger partial charge in [0.15, 0.2) is 12.4 Å². The van der Waals surface area contributed by atoms with E-state index in [0.717, 1.165) is 10.5 Å². The van der Waals surface area contributed by atoms with Crippen molar-refractivity contribution in [3.8, 4) is 0 Å². The van der Waals surface area contributed by atoms with E-state index in [4.69, 9.17) is 14.2 Å². The lowest BCUT2D eigenvalue weighted by Gasteiger charge is -2.45. The van der Waals surface area contributed by atoms with Crippen molar-refractivity contribution in [2.45, 2.75) is 58.7 Å². The van der Waals surface area contributed by atoms with Gasteiger partial charge < -0.3 is 14.2 Å². The highest BCUT2D eigenvalue weighted by molar-refractivity contribution is 6.01. The summed E-state index contributed by atoms with van der Waals surface area (Å²) in [6.45, 7) is 9.35. The number of carbonyl (C=O) groups excluding carboxylic acids is 2. The number of hydrogen-bond acceptors (Lipinski definition) is 5. The predicted molar refractivity (Wildman–Crippen MR) is 88.2 cm³/mol. The Morgan fingerprint density at radius 3 is 2.42 bits per heavy atom. The zero-order valence-corrected chi connectivity index (χ0v) is 14.8. The van der Waals surface area contributed by atoms with E-state index in [0.29, 0.717) is 6.61 Å². The van der Waals surface area contributed by atoms with Crippen LogP contribution < -0.4 is 0 Å². The maximum atomic E-state index is 12.5. The molecule has 3 atom stereocenters. The molecule has 1 aromatic rings. The van der Waals surface area contributed by atoms with Gasteiger partial charge in [0.2, 0.25) is 0 Å². The Kier molecular flexibility index (Phi) is 5.62. The third-order valence-electron chi connectivity index (χ3n) is 3.52. The van der Waals surface area contributed by atoms with Crippen molar-refractivity contribution in [1.82, 2.24) is 4.90 Å². The van der Waals surface area contributed by atoms with Gasteiger partial charge in [-0.05, 0) is 40.2 Å². The van der Waals surface area contributed by atoms with Crippen molar-refractivity contribution in [3.05, 3.63) is 35.9 Å². The molecule has 0 aliphatic carbocycles. The van der Waals surface area contributed by atoms with Gasteiger partial charge in [-0.15, -0.1) is 0 Å². The molecule has 0 aromatic heterocycles. The van der Waals surface area contributed by atoms with Crippen LogP contribution >= 0.6 is 0 Å². The molecule has 6 nitrogen and oxygen atoms in total. The Morgan fingerprint density at radius 2 is 1.88 bits per heavy atom. The van der Waals surface area contributed by atoms with Crippen molar-refractivity contribution < 1.29 is 23.8 Å².